The molecule has 0 saturated heterocycles. The number of nitrogens with one attached hydrogen (secondary N) is 1. The van der Waals surface area contributed by atoms with Gasteiger partial charge in [-0.15, -0.1) is 22.7 Å². The van der Waals surface area contributed by atoms with Gasteiger partial charge in [0.1, 0.15) is 10.7 Å². The van der Waals surface area contributed by atoms with Crippen molar-refractivity contribution in [2.24, 2.45) is 0 Å². The molecule has 0 unspecified atom stereocenters. The van der Waals surface area contributed by atoms with Crippen LogP contribution in [0.3, 0.4) is 0 Å². The zero-order valence-electron chi connectivity index (χ0n) is 12.6. The first-order chi connectivity index (χ1) is 11.0. The van der Waals surface area contributed by atoms with E-state index in [-0.39, 0.29) is 11.7 Å². The number of hydrogen-bond acceptors (Lipinski definition) is 5. The van der Waals surface area contributed by atoms with E-state index < -0.39 is 0 Å². The van der Waals surface area contributed by atoms with E-state index >= 15 is 0 Å². The van der Waals surface area contributed by atoms with Crippen molar-refractivity contribution in [1.29, 1.82) is 0 Å². The summed E-state index contributed by atoms with van der Waals surface area (Å²) in [5.41, 5.74) is 2.53. The molecule has 0 atom stereocenters. The van der Waals surface area contributed by atoms with Crippen molar-refractivity contribution in [3.05, 3.63) is 62.3 Å². The van der Waals surface area contributed by atoms with Crippen LogP contribution in [0, 0.1) is 19.7 Å². The van der Waals surface area contributed by atoms with Gasteiger partial charge in [-0.3, -0.25) is 10.1 Å². The first-order valence-corrected chi connectivity index (χ1v) is 8.65. The molecule has 4 nitrogen and oxygen atoms in total. The predicted octanol–water partition coefficient (Wildman–Crippen LogP) is 4.20. The van der Waals surface area contributed by atoms with E-state index in [2.05, 4.69) is 15.3 Å². The summed E-state index contributed by atoms with van der Waals surface area (Å²) in [6.45, 7) is 3.69. The number of aromatic nitrogens is 2. The van der Waals surface area contributed by atoms with Crippen LogP contribution in [0.2, 0.25) is 0 Å². The SMILES string of the molecule is Cc1csc(NC(=O)c2sc(Cc3ccc(F)cc3)nc2C)n1. The van der Waals surface area contributed by atoms with E-state index in [0.29, 0.717) is 22.1 Å². The Kier molecular flexibility index (Phi) is 4.49. The van der Waals surface area contributed by atoms with Gasteiger partial charge in [0, 0.05) is 11.8 Å². The summed E-state index contributed by atoms with van der Waals surface area (Å²) < 4.78 is 12.9. The van der Waals surface area contributed by atoms with E-state index in [1.165, 1.54) is 34.8 Å². The number of hydrogen-bond donors (Lipinski definition) is 1. The number of benzene rings is 1. The topological polar surface area (TPSA) is 54.9 Å². The van der Waals surface area contributed by atoms with E-state index in [1.54, 1.807) is 12.1 Å². The molecule has 0 spiro atoms. The fourth-order valence-electron chi connectivity index (χ4n) is 2.08. The number of rotatable bonds is 4. The molecule has 3 rings (SSSR count). The molecular weight excluding hydrogens is 333 g/mol. The Morgan fingerprint density at radius 1 is 1.22 bits per heavy atom. The number of carbonyl (C=O) groups excluding carboxylic acids is 1. The van der Waals surface area contributed by atoms with Gasteiger partial charge in [0.2, 0.25) is 0 Å². The van der Waals surface area contributed by atoms with E-state index in [0.717, 1.165) is 16.3 Å². The summed E-state index contributed by atoms with van der Waals surface area (Å²) in [5, 5.41) is 6.09. The van der Waals surface area contributed by atoms with Gasteiger partial charge in [0.25, 0.3) is 5.91 Å². The van der Waals surface area contributed by atoms with Gasteiger partial charge in [-0.05, 0) is 31.5 Å². The van der Waals surface area contributed by atoms with Gasteiger partial charge in [-0.1, -0.05) is 12.1 Å². The number of halogens is 1. The minimum absolute atomic E-state index is 0.195. The van der Waals surface area contributed by atoms with Crippen molar-refractivity contribution in [2.75, 3.05) is 5.32 Å². The minimum Gasteiger partial charge on any atom is -0.297 e. The lowest BCUT2D eigenvalue weighted by Crippen LogP contribution is -2.11. The Bertz CT molecular complexity index is 839. The number of amides is 1. The summed E-state index contributed by atoms with van der Waals surface area (Å²) in [4.78, 5) is 21.6. The maximum absolute atomic E-state index is 12.9. The highest BCUT2D eigenvalue weighted by molar-refractivity contribution is 7.15. The molecule has 3 aromatic rings. The second kappa shape index (κ2) is 6.55. The van der Waals surface area contributed by atoms with Crippen molar-refractivity contribution in [2.45, 2.75) is 20.3 Å². The fraction of sp³-hybridized carbons (Fsp3) is 0.188. The summed E-state index contributed by atoms with van der Waals surface area (Å²) in [5.74, 6) is -0.456. The first-order valence-electron chi connectivity index (χ1n) is 6.95. The lowest BCUT2D eigenvalue weighted by atomic mass is 10.1. The van der Waals surface area contributed by atoms with E-state index in [1.807, 2.05) is 19.2 Å². The van der Waals surface area contributed by atoms with Crippen molar-refractivity contribution >= 4 is 33.7 Å². The summed E-state index contributed by atoms with van der Waals surface area (Å²) in [6.07, 6.45) is 0.579. The van der Waals surface area contributed by atoms with Gasteiger partial charge in [-0.2, -0.15) is 0 Å². The van der Waals surface area contributed by atoms with Crippen molar-refractivity contribution in [3.63, 3.8) is 0 Å². The van der Waals surface area contributed by atoms with Crippen molar-refractivity contribution in [3.8, 4) is 0 Å². The summed E-state index contributed by atoms with van der Waals surface area (Å²) in [7, 11) is 0. The molecule has 1 N–H and O–H groups in total. The minimum atomic E-state index is -0.261. The number of thiazole rings is 2. The largest absolute Gasteiger partial charge is 0.297 e. The molecule has 7 heteroatoms. The normalized spacial score (nSPS) is 10.7. The van der Waals surface area contributed by atoms with Crippen LogP contribution < -0.4 is 5.32 Å². The van der Waals surface area contributed by atoms with Gasteiger partial charge in [0.05, 0.1) is 16.4 Å². The quantitative estimate of drug-likeness (QED) is 0.769. The molecule has 0 fully saturated rings. The maximum Gasteiger partial charge on any atom is 0.269 e. The number of carbonyl (C=O) groups is 1. The van der Waals surface area contributed by atoms with E-state index in [4.69, 9.17) is 0 Å². The Morgan fingerprint density at radius 2 is 1.96 bits per heavy atom. The highest BCUT2D eigenvalue weighted by atomic mass is 32.1. The summed E-state index contributed by atoms with van der Waals surface area (Å²) in [6, 6.07) is 6.30. The van der Waals surface area contributed by atoms with E-state index in [9.17, 15) is 9.18 Å². The monoisotopic (exact) mass is 347 g/mol. The average molecular weight is 347 g/mol. The molecule has 2 aromatic heterocycles. The van der Waals surface area contributed by atoms with Gasteiger partial charge < -0.3 is 0 Å². The van der Waals surface area contributed by atoms with Crippen LogP contribution in [-0.4, -0.2) is 15.9 Å². The second-order valence-corrected chi connectivity index (χ2v) is 7.02. The number of aryl methyl sites for hydroxylation is 2. The molecule has 1 amide bonds. The van der Waals surface area contributed by atoms with Crippen molar-refractivity contribution < 1.29 is 9.18 Å². The molecule has 0 bridgehead atoms. The maximum atomic E-state index is 12.9. The Morgan fingerprint density at radius 3 is 2.61 bits per heavy atom. The third kappa shape index (κ3) is 3.80. The van der Waals surface area contributed by atoms with Crippen LogP contribution >= 0.6 is 22.7 Å². The standard InChI is InChI=1S/C16H14FN3OS2/c1-9-8-22-16(18-9)20-15(21)14-10(2)19-13(23-14)7-11-3-5-12(17)6-4-11/h3-6,8H,7H2,1-2H3,(H,18,20,21). The molecular formula is C16H14FN3OS2. The molecule has 2 heterocycles. The van der Waals surface area contributed by atoms with Crippen LogP contribution in [0.25, 0.3) is 0 Å². The fourth-order valence-corrected chi connectivity index (χ4v) is 3.76. The molecule has 1 aromatic carbocycles. The molecule has 0 aliphatic rings. The molecule has 118 valence electrons. The van der Waals surface area contributed by atoms with Crippen molar-refractivity contribution in [1.82, 2.24) is 9.97 Å². The summed E-state index contributed by atoms with van der Waals surface area (Å²) >= 11 is 2.75. The average Bonchev–Trinajstić information content (AvgIpc) is 3.07. The number of anilines is 1. The van der Waals surface area contributed by atoms with Crippen LogP contribution in [0.5, 0.6) is 0 Å². The van der Waals surface area contributed by atoms with Crippen LogP contribution in [0.1, 0.15) is 31.6 Å². The number of nitrogens with zero attached hydrogens (tertiary/aromatic N) is 2. The predicted molar refractivity (Wildman–Crippen MR) is 90.9 cm³/mol. The first kappa shape index (κ1) is 15.8. The second-order valence-electron chi connectivity index (χ2n) is 5.07. The zero-order chi connectivity index (χ0) is 16.4. The Hall–Kier alpha value is -2.12. The van der Waals surface area contributed by atoms with Gasteiger partial charge >= 0.3 is 0 Å². The van der Waals surface area contributed by atoms with Crippen LogP contribution in [0.4, 0.5) is 9.52 Å². The highest BCUT2D eigenvalue weighted by Crippen LogP contribution is 2.23. The third-order valence-corrected chi connectivity index (χ3v) is 5.19. The molecule has 0 saturated carbocycles. The molecule has 0 aliphatic carbocycles. The Balaban J connectivity index is 1.74. The smallest absolute Gasteiger partial charge is 0.269 e. The Labute approximate surface area is 141 Å². The van der Waals surface area contributed by atoms with Gasteiger partial charge in [-0.25, -0.2) is 14.4 Å². The van der Waals surface area contributed by atoms with Gasteiger partial charge in [0.15, 0.2) is 5.13 Å². The lowest BCUT2D eigenvalue weighted by Gasteiger charge is -1.99. The lowest BCUT2D eigenvalue weighted by molar-refractivity contribution is 0.103. The van der Waals surface area contributed by atoms with Crippen LogP contribution in [-0.2, 0) is 6.42 Å². The molecule has 0 aliphatic heterocycles. The molecule has 23 heavy (non-hydrogen) atoms. The highest BCUT2D eigenvalue weighted by Gasteiger charge is 2.16. The van der Waals surface area contributed by atoms with Crippen LogP contribution in [0.15, 0.2) is 29.6 Å². The third-order valence-electron chi connectivity index (χ3n) is 3.16. The zero-order valence-corrected chi connectivity index (χ0v) is 14.2. The molecule has 0 radical (unpaired) electrons.